The molecule has 1 atom stereocenters. The molecule has 1 unspecified atom stereocenters. The van der Waals surface area contributed by atoms with Gasteiger partial charge < -0.3 is 10.1 Å². The van der Waals surface area contributed by atoms with Crippen LogP contribution in [0.25, 0.3) is 11.3 Å². The van der Waals surface area contributed by atoms with E-state index >= 15 is 0 Å². The highest BCUT2D eigenvalue weighted by Crippen LogP contribution is 2.54. The number of aromatic nitrogens is 2. The number of amides is 1. The topological polar surface area (TPSA) is 96.6 Å². The summed E-state index contributed by atoms with van der Waals surface area (Å²) in [4.78, 5) is 13.0. The molecule has 2 aliphatic rings. The summed E-state index contributed by atoms with van der Waals surface area (Å²) in [5.41, 5.74) is 2.40. The zero-order valence-corrected chi connectivity index (χ0v) is 20.2. The molecular weight excluding hydrogens is 476 g/mol. The Morgan fingerprint density at radius 3 is 2.67 bits per heavy atom. The van der Waals surface area contributed by atoms with Crippen molar-refractivity contribution in [2.75, 3.05) is 11.5 Å². The van der Waals surface area contributed by atoms with Gasteiger partial charge in [-0.15, -0.1) is 0 Å². The van der Waals surface area contributed by atoms with Crippen LogP contribution < -0.4 is 10.1 Å². The number of alkyl halides is 2. The van der Waals surface area contributed by atoms with E-state index in [2.05, 4.69) is 10.1 Å². The van der Waals surface area contributed by atoms with Crippen molar-refractivity contribution < 1.29 is 27.4 Å². The Morgan fingerprint density at radius 2 is 2.06 bits per heavy atom. The summed E-state index contributed by atoms with van der Waals surface area (Å²) in [7, 11) is -2.57. The molecule has 1 saturated heterocycles. The van der Waals surface area contributed by atoms with Gasteiger partial charge >= 0.3 is 6.61 Å². The number of hydrogen-bond acceptors (Lipinski definition) is 5. The number of carbonyl (C=O) groups is 1. The molecule has 11 heteroatoms. The number of hydrogen-bond donors (Lipinski definition) is 3. The summed E-state index contributed by atoms with van der Waals surface area (Å²) in [5.74, 6) is -0.0325. The molecule has 1 aliphatic carbocycles. The van der Waals surface area contributed by atoms with Gasteiger partial charge in [0, 0.05) is 35.2 Å². The van der Waals surface area contributed by atoms with E-state index in [9.17, 15) is 22.7 Å². The van der Waals surface area contributed by atoms with Crippen LogP contribution in [0.2, 0.25) is 5.02 Å². The Kier molecular flexibility index (Phi) is 6.41. The highest BCUT2D eigenvalue weighted by molar-refractivity contribution is 8.25. The summed E-state index contributed by atoms with van der Waals surface area (Å²) in [6.07, 6.45) is 1.65. The first kappa shape index (κ1) is 24.3. The van der Waals surface area contributed by atoms with E-state index in [4.69, 9.17) is 16.7 Å². The van der Waals surface area contributed by atoms with Gasteiger partial charge in [-0.25, -0.2) is 0 Å². The van der Waals surface area contributed by atoms with Crippen molar-refractivity contribution in [1.29, 1.82) is 0 Å². The van der Waals surface area contributed by atoms with Crippen LogP contribution >= 0.6 is 22.2 Å². The maximum atomic E-state index is 13.0. The van der Waals surface area contributed by atoms with Crippen LogP contribution in [0.5, 0.6) is 5.75 Å². The van der Waals surface area contributed by atoms with Gasteiger partial charge in [0.1, 0.15) is 5.75 Å². The van der Waals surface area contributed by atoms with E-state index in [1.54, 1.807) is 0 Å². The maximum Gasteiger partial charge on any atom is 0.387 e. The van der Waals surface area contributed by atoms with Crippen LogP contribution in [0.4, 0.5) is 8.78 Å². The molecule has 3 N–H and O–H groups in total. The molecule has 182 valence electrons. The van der Waals surface area contributed by atoms with E-state index in [-0.39, 0.29) is 35.1 Å². The fraction of sp³-hybridized carbons (Fsp3) is 0.545. The Bertz CT molecular complexity index is 1070. The molecule has 2 heterocycles. The molecule has 0 radical (unpaired) electrons. The first-order valence-electron chi connectivity index (χ1n) is 10.8. The van der Waals surface area contributed by atoms with Crippen LogP contribution in [0, 0.1) is 5.92 Å². The Balaban J connectivity index is 1.61. The maximum absolute atomic E-state index is 13.0. The predicted octanol–water partition coefficient (Wildman–Crippen LogP) is 5.13. The lowest BCUT2D eigenvalue weighted by atomic mass is 9.84. The minimum absolute atomic E-state index is 0.00465. The molecule has 1 fully saturated rings. The largest absolute Gasteiger partial charge is 0.435 e. The van der Waals surface area contributed by atoms with Crippen LogP contribution in [0.3, 0.4) is 0 Å². The Labute approximate surface area is 197 Å². The molecule has 0 saturated carbocycles. The second-order valence-corrected chi connectivity index (χ2v) is 12.0. The van der Waals surface area contributed by atoms with E-state index in [1.807, 2.05) is 25.5 Å². The Morgan fingerprint density at radius 1 is 1.36 bits per heavy atom. The lowest BCUT2D eigenvalue weighted by molar-refractivity contribution is -0.126. The number of ether oxygens (including phenoxy) is 1. The fourth-order valence-electron chi connectivity index (χ4n) is 4.82. The van der Waals surface area contributed by atoms with Crippen molar-refractivity contribution in [3.63, 3.8) is 0 Å². The summed E-state index contributed by atoms with van der Waals surface area (Å²) >= 11 is 6.40. The predicted molar refractivity (Wildman–Crippen MR) is 124 cm³/mol. The van der Waals surface area contributed by atoms with Crippen molar-refractivity contribution in [2.24, 2.45) is 5.92 Å². The summed E-state index contributed by atoms with van der Waals surface area (Å²) in [5, 5.41) is 8.13. The Hall–Kier alpha value is -1.88. The van der Waals surface area contributed by atoms with E-state index in [0.29, 0.717) is 35.5 Å². The average molecular weight is 504 g/mol. The van der Waals surface area contributed by atoms with Crippen LogP contribution in [0.1, 0.15) is 44.5 Å². The quantitative estimate of drug-likeness (QED) is 0.508. The minimum Gasteiger partial charge on any atom is -0.435 e. The molecule has 33 heavy (non-hydrogen) atoms. The third kappa shape index (κ3) is 4.99. The molecular formula is C22H28ClF2N3O4S. The molecule has 1 aromatic carbocycles. The number of rotatable bonds is 6. The molecule has 0 bridgehead atoms. The molecule has 7 nitrogen and oxygen atoms in total. The second kappa shape index (κ2) is 8.72. The fourth-order valence-corrected chi connectivity index (χ4v) is 7.12. The van der Waals surface area contributed by atoms with Gasteiger partial charge in [0.05, 0.1) is 27.8 Å². The molecule has 1 aliphatic heterocycles. The number of benzene rings is 1. The molecule has 1 amide bonds. The van der Waals surface area contributed by atoms with Gasteiger partial charge in [0.15, 0.2) is 0 Å². The monoisotopic (exact) mass is 503 g/mol. The van der Waals surface area contributed by atoms with Crippen molar-refractivity contribution in [3.8, 4) is 17.0 Å². The number of nitrogens with one attached hydrogen (secondary N) is 1. The van der Waals surface area contributed by atoms with Gasteiger partial charge in [0.2, 0.25) is 5.91 Å². The highest BCUT2D eigenvalue weighted by Gasteiger charge is 2.46. The van der Waals surface area contributed by atoms with Gasteiger partial charge in [-0.05, 0) is 51.8 Å². The first-order chi connectivity index (χ1) is 15.4. The number of nitrogens with zero attached hydrogens (tertiary/aromatic N) is 2. The molecule has 4 rings (SSSR count). The summed E-state index contributed by atoms with van der Waals surface area (Å²) < 4.78 is 51.3. The van der Waals surface area contributed by atoms with Gasteiger partial charge in [-0.1, -0.05) is 11.6 Å². The molecule has 1 aromatic heterocycles. The van der Waals surface area contributed by atoms with E-state index < -0.39 is 22.7 Å². The lowest BCUT2D eigenvalue weighted by Crippen LogP contribution is -2.62. The van der Waals surface area contributed by atoms with Crippen molar-refractivity contribution in [3.05, 3.63) is 34.5 Å². The second-order valence-electron chi connectivity index (χ2n) is 9.41. The standard InChI is InChI=1S/C22H28ClF2N3O4S/c1-12(2)28-18-8-13(20(29)26-22(3)10-33(30,31)11-22)4-6-15(18)19(27-28)16-9-14(32-21(24)25)5-7-17(16)23/h5,7,9,12-13,21,30-31H,4,6,8,10-11H2,1-3H3,(H,26,29). The third-order valence-electron chi connectivity index (χ3n) is 6.10. The smallest absolute Gasteiger partial charge is 0.387 e. The van der Waals surface area contributed by atoms with Crippen molar-refractivity contribution in [2.45, 2.75) is 58.2 Å². The van der Waals surface area contributed by atoms with Crippen molar-refractivity contribution >= 4 is 28.1 Å². The van der Waals surface area contributed by atoms with Gasteiger partial charge in [0.25, 0.3) is 0 Å². The van der Waals surface area contributed by atoms with Gasteiger partial charge in [-0.2, -0.15) is 24.5 Å². The van der Waals surface area contributed by atoms with Crippen LogP contribution in [-0.4, -0.2) is 48.4 Å². The van der Waals surface area contributed by atoms with E-state index in [1.165, 1.54) is 18.2 Å². The first-order valence-corrected chi connectivity index (χ1v) is 13.0. The normalized spacial score (nSPS) is 21.9. The third-order valence-corrected chi connectivity index (χ3v) is 8.63. The molecule has 0 spiro atoms. The van der Waals surface area contributed by atoms with Gasteiger partial charge in [-0.3, -0.25) is 18.6 Å². The lowest BCUT2D eigenvalue weighted by Gasteiger charge is -2.54. The molecule has 2 aromatic rings. The zero-order valence-electron chi connectivity index (χ0n) is 18.6. The minimum atomic E-state index is -2.94. The highest BCUT2D eigenvalue weighted by atomic mass is 35.5. The summed E-state index contributed by atoms with van der Waals surface area (Å²) in [6.45, 7) is 2.85. The van der Waals surface area contributed by atoms with E-state index in [0.717, 1.165) is 11.3 Å². The zero-order chi connectivity index (χ0) is 24.1. The van der Waals surface area contributed by atoms with Crippen LogP contribution in [-0.2, 0) is 17.6 Å². The van der Waals surface area contributed by atoms with Crippen LogP contribution in [0.15, 0.2) is 18.2 Å². The number of halogens is 3. The average Bonchev–Trinajstić information content (AvgIpc) is 3.06. The van der Waals surface area contributed by atoms with Crippen molar-refractivity contribution in [1.82, 2.24) is 15.1 Å². The number of fused-ring (bicyclic) bond motifs is 1. The summed E-state index contributed by atoms with van der Waals surface area (Å²) in [6, 6.07) is 4.39. The number of carbonyl (C=O) groups excluding carboxylic acids is 1. The SMILES string of the molecule is CC(C)n1nc(-c2cc(OC(F)F)ccc2Cl)c2c1CC(C(=O)NC1(C)CS(O)(O)C1)CC2.